The predicted molar refractivity (Wildman–Crippen MR) is 106 cm³/mol. The van der Waals surface area contributed by atoms with Crippen LogP contribution in [-0.2, 0) is 6.54 Å². The number of aryl methyl sites for hydroxylation is 1. The van der Waals surface area contributed by atoms with Crippen LogP contribution >= 0.6 is 11.8 Å². The van der Waals surface area contributed by atoms with Gasteiger partial charge in [-0.05, 0) is 31.5 Å². The first-order valence-electron chi connectivity index (χ1n) is 8.99. The average Bonchev–Trinajstić information content (AvgIpc) is 3.08. The maximum Gasteiger partial charge on any atom is 0.262 e. The second-order valence-electron chi connectivity index (χ2n) is 6.52. The molecule has 0 aliphatic heterocycles. The van der Waals surface area contributed by atoms with E-state index in [-0.39, 0.29) is 10.8 Å². The van der Waals surface area contributed by atoms with Gasteiger partial charge in [0, 0.05) is 23.4 Å². The van der Waals surface area contributed by atoms with Crippen LogP contribution < -0.4 is 5.56 Å². The van der Waals surface area contributed by atoms with Gasteiger partial charge in [0.05, 0.1) is 10.9 Å². The average molecular weight is 400 g/mol. The van der Waals surface area contributed by atoms with E-state index >= 15 is 0 Å². The maximum atomic E-state index is 14.2. The van der Waals surface area contributed by atoms with Gasteiger partial charge < -0.3 is 0 Å². The van der Waals surface area contributed by atoms with Crippen molar-refractivity contribution in [1.29, 1.82) is 0 Å². The van der Waals surface area contributed by atoms with Crippen LogP contribution in [0.15, 0.2) is 52.4 Å². The first kappa shape index (κ1) is 18.6. The fourth-order valence-corrected chi connectivity index (χ4v) is 4.30. The predicted octanol–water partition coefficient (Wildman–Crippen LogP) is 4.59. The second-order valence-corrected chi connectivity index (χ2v) is 7.83. The number of halogens is 2. The lowest BCUT2D eigenvalue weighted by atomic mass is 10.1. The lowest BCUT2D eigenvalue weighted by molar-refractivity contribution is 0.572. The maximum absolute atomic E-state index is 14.2. The molecular weight excluding hydrogens is 382 g/mol. The molecule has 2 aromatic carbocycles. The van der Waals surface area contributed by atoms with Crippen molar-refractivity contribution in [1.82, 2.24) is 19.2 Å². The highest BCUT2D eigenvalue weighted by Crippen LogP contribution is 2.36. The minimum Gasteiger partial charge on any atom is -0.276 e. The van der Waals surface area contributed by atoms with Crippen molar-refractivity contribution in [2.24, 2.45) is 0 Å². The Morgan fingerprint density at radius 3 is 2.68 bits per heavy atom. The van der Waals surface area contributed by atoms with Gasteiger partial charge in [-0.3, -0.25) is 13.8 Å². The summed E-state index contributed by atoms with van der Waals surface area (Å²) in [5, 5.41) is 9.30. The van der Waals surface area contributed by atoms with E-state index in [9.17, 15) is 13.6 Å². The van der Waals surface area contributed by atoms with Gasteiger partial charge in [0.2, 0.25) is 5.78 Å². The summed E-state index contributed by atoms with van der Waals surface area (Å²) in [7, 11) is 0. The van der Waals surface area contributed by atoms with Gasteiger partial charge in [-0.15, -0.1) is 10.2 Å². The van der Waals surface area contributed by atoms with Crippen molar-refractivity contribution in [2.45, 2.75) is 37.2 Å². The zero-order valence-electron chi connectivity index (χ0n) is 15.4. The third-order valence-corrected chi connectivity index (χ3v) is 5.69. The molecule has 0 spiro atoms. The van der Waals surface area contributed by atoms with Gasteiger partial charge in [0.1, 0.15) is 11.6 Å². The van der Waals surface area contributed by atoms with E-state index in [1.165, 1.54) is 23.9 Å². The largest absolute Gasteiger partial charge is 0.276 e. The molecule has 2 aromatic heterocycles. The Bertz CT molecular complexity index is 1230. The van der Waals surface area contributed by atoms with Crippen LogP contribution in [0.4, 0.5) is 8.78 Å². The Balaban J connectivity index is 1.87. The van der Waals surface area contributed by atoms with Crippen LogP contribution in [0.2, 0.25) is 0 Å². The lowest BCUT2D eigenvalue weighted by Gasteiger charge is -2.13. The Morgan fingerprint density at radius 2 is 1.93 bits per heavy atom. The standard InChI is InChI=1S/C20H18F2N4OS/c1-3-10-25-18(27)15-6-4-5-7-17(15)26-19(25)23-24-20(26)28-12(2)14-9-8-13(21)11-16(14)22/h4-9,11-12H,3,10H2,1-2H3. The molecule has 0 saturated carbocycles. The molecule has 1 atom stereocenters. The first-order valence-corrected chi connectivity index (χ1v) is 9.87. The fraction of sp³-hybridized carbons (Fsp3) is 0.250. The zero-order valence-corrected chi connectivity index (χ0v) is 16.2. The summed E-state index contributed by atoms with van der Waals surface area (Å²) in [6, 6.07) is 10.9. The highest BCUT2D eigenvalue weighted by atomic mass is 32.2. The van der Waals surface area contributed by atoms with Crippen molar-refractivity contribution < 1.29 is 8.78 Å². The lowest BCUT2D eigenvalue weighted by Crippen LogP contribution is -2.23. The van der Waals surface area contributed by atoms with Crippen LogP contribution in [0.1, 0.15) is 31.1 Å². The third-order valence-electron chi connectivity index (χ3n) is 4.61. The molecule has 5 nitrogen and oxygen atoms in total. The molecule has 0 N–H and O–H groups in total. The molecule has 0 bridgehead atoms. The van der Waals surface area contributed by atoms with Crippen LogP contribution in [0, 0.1) is 11.6 Å². The van der Waals surface area contributed by atoms with Crippen molar-refractivity contribution in [2.75, 3.05) is 0 Å². The molecule has 1 unspecified atom stereocenters. The van der Waals surface area contributed by atoms with E-state index in [0.717, 1.165) is 12.5 Å². The zero-order chi connectivity index (χ0) is 19.8. The summed E-state index contributed by atoms with van der Waals surface area (Å²) in [4.78, 5) is 12.9. The van der Waals surface area contributed by atoms with E-state index in [4.69, 9.17) is 0 Å². The molecule has 0 amide bonds. The monoisotopic (exact) mass is 400 g/mol. The molecule has 4 rings (SSSR count). The molecule has 0 saturated heterocycles. The van der Waals surface area contributed by atoms with Crippen LogP contribution in [0.25, 0.3) is 16.7 Å². The fourth-order valence-electron chi connectivity index (χ4n) is 3.29. The van der Waals surface area contributed by atoms with Crippen molar-refractivity contribution in [3.05, 3.63) is 70.0 Å². The summed E-state index contributed by atoms with van der Waals surface area (Å²) >= 11 is 1.31. The van der Waals surface area contributed by atoms with Gasteiger partial charge in [0.25, 0.3) is 5.56 Å². The highest BCUT2D eigenvalue weighted by Gasteiger charge is 2.20. The SMILES string of the molecule is CCCn1c(=O)c2ccccc2n2c(SC(C)c3ccc(F)cc3F)nnc12. The van der Waals surface area contributed by atoms with E-state index in [0.29, 0.717) is 33.9 Å². The molecule has 0 aliphatic rings. The second kappa shape index (κ2) is 7.35. The van der Waals surface area contributed by atoms with Gasteiger partial charge in [-0.25, -0.2) is 8.78 Å². The van der Waals surface area contributed by atoms with Gasteiger partial charge in [-0.1, -0.05) is 36.9 Å². The van der Waals surface area contributed by atoms with E-state index in [1.54, 1.807) is 10.6 Å². The van der Waals surface area contributed by atoms with Crippen LogP contribution in [0.3, 0.4) is 0 Å². The number of hydrogen-bond acceptors (Lipinski definition) is 4. The summed E-state index contributed by atoms with van der Waals surface area (Å²) in [5.74, 6) is -0.748. The molecular formula is C20H18F2N4OS. The summed E-state index contributed by atoms with van der Waals surface area (Å²) in [5.41, 5.74) is 0.981. The Kier molecular flexibility index (Phi) is 4.89. The van der Waals surface area contributed by atoms with Gasteiger partial charge >= 0.3 is 0 Å². The Hall–Kier alpha value is -2.74. The Morgan fingerprint density at radius 1 is 1.14 bits per heavy atom. The molecule has 2 heterocycles. The first-order chi connectivity index (χ1) is 13.5. The van der Waals surface area contributed by atoms with Crippen LogP contribution in [0.5, 0.6) is 0 Å². The van der Waals surface area contributed by atoms with Gasteiger partial charge in [0.15, 0.2) is 5.16 Å². The van der Waals surface area contributed by atoms with E-state index in [1.807, 2.05) is 36.4 Å². The van der Waals surface area contributed by atoms with E-state index in [2.05, 4.69) is 10.2 Å². The molecule has 0 radical (unpaired) electrons. The molecule has 4 aromatic rings. The Labute approximate surface area is 164 Å². The molecule has 8 heteroatoms. The van der Waals surface area contributed by atoms with Crippen molar-refractivity contribution in [3.63, 3.8) is 0 Å². The number of hydrogen-bond donors (Lipinski definition) is 0. The molecule has 0 aliphatic carbocycles. The van der Waals surface area contributed by atoms with Crippen LogP contribution in [-0.4, -0.2) is 19.2 Å². The summed E-state index contributed by atoms with van der Waals surface area (Å²) in [6.45, 7) is 4.34. The minimum atomic E-state index is -0.610. The molecule has 0 fully saturated rings. The molecule has 144 valence electrons. The van der Waals surface area contributed by atoms with E-state index < -0.39 is 11.6 Å². The third kappa shape index (κ3) is 3.07. The quantitative estimate of drug-likeness (QED) is 0.460. The number of para-hydroxylation sites is 1. The molecule has 28 heavy (non-hydrogen) atoms. The topological polar surface area (TPSA) is 52.2 Å². The normalized spacial score (nSPS) is 12.7. The highest BCUT2D eigenvalue weighted by molar-refractivity contribution is 7.99. The number of nitrogens with zero attached hydrogens (tertiary/aromatic N) is 4. The summed E-state index contributed by atoms with van der Waals surface area (Å²) < 4.78 is 30.8. The van der Waals surface area contributed by atoms with Crippen molar-refractivity contribution >= 4 is 28.4 Å². The summed E-state index contributed by atoms with van der Waals surface area (Å²) in [6.07, 6.45) is 0.778. The van der Waals surface area contributed by atoms with Gasteiger partial charge in [-0.2, -0.15) is 0 Å². The number of aromatic nitrogens is 4. The van der Waals surface area contributed by atoms with Crippen molar-refractivity contribution in [3.8, 4) is 0 Å². The number of benzene rings is 2. The number of fused-ring (bicyclic) bond motifs is 3. The minimum absolute atomic E-state index is 0.105. The number of thioether (sulfide) groups is 1. The smallest absolute Gasteiger partial charge is 0.262 e. The number of rotatable bonds is 5.